The van der Waals surface area contributed by atoms with Crippen LogP contribution in [0.4, 0.5) is 5.69 Å². The summed E-state index contributed by atoms with van der Waals surface area (Å²) < 4.78 is 5.95. The first-order chi connectivity index (χ1) is 15.6. The number of hydrogen-bond acceptors (Lipinski definition) is 3. The summed E-state index contributed by atoms with van der Waals surface area (Å²) in [4.78, 5) is 29.7. The number of ether oxygens (including phenoxy) is 1. The van der Waals surface area contributed by atoms with E-state index in [2.05, 4.69) is 25.1 Å². The molecule has 5 heteroatoms. The molecule has 162 valence electrons. The van der Waals surface area contributed by atoms with E-state index in [0.717, 1.165) is 23.2 Å². The van der Waals surface area contributed by atoms with Crippen LogP contribution < -0.4 is 9.64 Å². The van der Waals surface area contributed by atoms with E-state index < -0.39 is 0 Å². The molecule has 0 bridgehead atoms. The van der Waals surface area contributed by atoms with Gasteiger partial charge in [0.05, 0.1) is 0 Å². The van der Waals surface area contributed by atoms with Crippen LogP contribution in [0.25, 0.3) is 0 Å². The molecule has 32 heavy (non-hydrogen) atoms. The monoisotopic (exact) mass is 426 g/mol. The molecule has 2 aliphatic rings. The third kappa shape index (κ3) is 3.75. The zero-order valence-corrected chi connectivity index (χ0v) is 18.2. The number of para-hydroxylation sites is 1. The van der Waals surface area contributed by atoms with Crippen molar-refractivity contribution < 1.29 is 14.3 Å². The van der Waals surface area contributed by atoms with E-state index in [1.165, 1.54) is 11.1 Å². The van der Waals surface area contributed by atoms with Crippen LogP contribution in [0.15, 0.2) is 66.7 Å². The average molecular weight is 427 g/mol. The van der Waals surface area contributed by atoms with E-state index in [0.29, 0.717) is 37.4 Å². The molecule has 0 fully saturated rings. The van der Waals surface area contributed by atoms with Crippen LogP contribution >= 0.6 is 0 Å². The lowest BCUT2D eigenvalue weighted by Crippen LogP contribution is -2.37. The summed E-state index contributed by atoms with van der Waals surface area (Å²) in [6.45, 7) is 3.95. The number of anilines is 1. The van der Waals surface area contributed by atoms with Gasteiger partial charge in [0.2, 0.25) is 0 Å². The quantitative estimate of drug-likeness (QED) is 0.616. The number of fused-ring (bicyclic) bond motifs is 2. The minimum Gasteiger partial charge on any atom is -0.483 e. The molecular weight excluding hydrogens is 400 g/mol. The Morgan fingerprint density at radius 1 is 0.938 bits per heavy atom. The number of carbonyl (C=O) groups is 2. The van der Waals surface area contributed by atoms with Gasteiger partial charge in [-0.25, -0.2) is 0 Å². The molecule has 0 radical (unpaired) electrons. The first kappa shape index (κ1) is 20.3. The van der Waals surface area contributed by atoms with Crippen LogP contribution in [0.5, 0.6) is 5.75 Å². The van der Waals surface area contributed by atoms with Crippen molar-refractivity contribution in [1.82, 2.24) is 4.90 Å². The molecule has 0 saturated heterocycles. The number of amides is 2. The van der Waals surface area contributed by atoms with Gasteiger partial charge in [0.25, 0.3) is 11.8 Å². The molecule has 2 amide bonds. The van der Waals surface area contributed by atoms with Gasteiger partial charge < -0.3 is 14.5 Å². The Labute approximate surface area is 188 Å². The Morgan fingerprint density at radius 2 is 1.75 bits per heavy atom. The normalized spacial score (nSPS) is 14.8. The summed E-state index contributed by atoms with van der Waals surface area (Å²) in [7, 11) is 0. The van der Waals surface area contributed by atoms with Crippen LogP contribution in [0, 0.1) is 6.92 Å². The second-order valence-electron chi connectivity index (χ2n) is 8.40. The van der Waals surface area contributed by atoms with E-state index in [4.69, 9.17) is 4.74 Å². The van der Waals surface area contributed by atoms with Gasteiger partial charge in [-0.1, -0.05) is 48.5 Å². The van der Waals surface area contributed by atoms with Crippen LogP contribution in [-0.2, 0) is 24.2 Å². The van der Waals surface area contributed by atoms with Crippen molar-refractivity contribution in [3.8, 4) is 5.75 Å². The second kappa shape index (κ2) is 8.50. The summed E-state index contributed by atoms with van der Waals surface area (Å²) in [5, 5.41) is 0. The lowest BCUT2D eigenvalue weighted by molar-refractivity contribution is -0.120. The van der Waals surface area contributed by atoms with Crippen molar-refractivity contribution in [3.05, 3.63) is 94.5 Å². The average Bonchev–Trinajstić information content (AvgIpc) is 3.25. The van der Waals surface area contributed by atoms with Gasteiger partial charge >= 0.3 is 0 Å². The predicted molar refractivity (Wildman–Crippen MR) is 124 cm³/mol. The smallest absolute Gasteiger partial charge is 0.264 e. The van der Waals surface area contributed by atoms with Gasteiger partial charge in [-0.2, -0.15) is 0 Å². The van der Waals surface area contributed by atoms with Crippen molar-refractivity contribution in [1.29, 1.82) is 0 Å². The summed E-state index contributed by atoms with van der Waals surface area (Å²) in [6, 6.07) is 21.7. The Balaban J connectivity index is 1.29. The van der Waals surface area contributed by atoms with Crippen LogP contribution in [0.3, 0.4) is 0 Å². The molecule has 2 aliphatic heterocycles. The van der Waals surface area contributed by atoms with E-state index >= 15 is 0 Å². The van der Waals surface area contributed by atoms with Crippen molar-refractivity contribution in [2.24, 2.45) is 0 Å². The molecule has 2 heterocycles. The molecule has 3 aromatic rings. The van der Waals surface area contributed by atoms with Crippen LogP contribution in [-0.4, -0.2) is 36.4 Å². The number of hydrogen-bond donors (Lipinski definition) is 0. The van der Waals surface area contributed by atoms with Crippen molar-refractivity contribution in [2.75, 3.05) is 24.6 Å². The van der Waals surface area contributed by atoms with Crippen molar-refractivity contribution in [3.63, 3.8) is 0 Å². The highest BCUT2D eigenvalue weighted by Gasteiger charge is 2.28. The number of nitrogens with zero attached hydrogens (tertiary/aromatic N) is 2. The van der Waals surface area contributed by atoms with E-state index in [-0.39, 0.29) is 18.4 Å². The third-order valence-corrected chi connectivity index (χ3v) is 6.44. The number of rotatable bonds is 5. The standard InChI is InChI=1S/C27H26N2O3/c1-19-7-2-3-9-21(19)17-28-15-14-22-23(27(28)31)10-6-12-25(22)32-18-26(30)29-16-13-20-8-4-5-11-24(20)29/h2-12H,13-18H2,1H3. The fourth-order valence-corrected chi connectivity index (χ4v) is 4.64. The minimum absolute atomic E-state index is 0.0137. The molecule has 0 saturated carbocycles. The first-order valence-corrected chi connectivity index (χ1v) is 11.1. The Bertz CT molecular complexity index is 1190. The van der Waals surface area contributed by atoms with E-state index in [1.807, 2.05) is 53.4 Å². The maximum absolute atomic E-state index is 13.2. The van der Waals surface area contributed by atoms with Gasteiger partial charge in [0.1, 0.15) is 5.75 Å². The zero-order chi connectivity index (χ0) is 22.1. The summed E-state index contributed by atoms with van der Waals surface area (Å²) >= 11 is 0. The maximum Gasteiger partial charge on any atom is 0.264 e. The topological polar surface area (TPSA) is 49.9 Å². The molecule has 5 rings (SSSR count). The van der Waals surface area contributed by atoms with Crippen LogP contribution in [0.2, 0.25) is 0 Å². The molecule has 3 aromatic carbocycles. The van der Waals surface area contributed by atoms with Crippen molar-refractivity contribution in [2.45, 2.75) is 26.3 Å². The van der Waals surface area contributed by atoms with Gasteiger partial charge in [0, 0.05) is 36.4 Å². The fraction of sp³-hybridized carbons (Fsp3) is 0.259. The number of carbonyl (C=O) groups excluding carboxylic acids is 2. The fourth-order valence-electron chi connectivity index (χ4n) is 4.64. The summed E-state index contributed by atoms with van der Waals surface area (Å²) in [5.74, 6) is 0.586. The molecule has 0 unspecified atom stereocenters. The second-order valence-corrected chi connectivity index (χ2v) is 8.40. The minimum atomic E-state index is -0.0594. The highest BCUT2D eigenvalue weighted by Crippen LogP contribution is 2.30. The third-order valence-electron chi connectivity index (χ3n) is 6.44. The van der Waals surface area contributed by atoms with Gasteiger partial charge in [0.15, 0.2) is 6.61 Å². The van der Waals surface area contributed by atoms with Crippen molar-refractivity contribution >= 4 is 17.5 Å². The highest BCUT2D eigenvalue weighted by molar-refractivity contribution is 5.98. The molecule has 0 aromatic heterocycles. The van der Waals surface area contributed by atoms with E-state index in [9.17, 15) is 9.59 Å². The first-order valence-electron chi connectivity index (χ1n) is 11.1. The molecule has 0 N–H and O–H groups in total. The van der Waals surface area contributed by atoms with E-state index in [1.54, 1.807) is 4.90 Å². The van der Waals surface area contributed by atoms with Crippen LogP contribution in [0.1, 0.15) is 32.6 Å². The lowest BCUT2D eigenvalue weighted by Gasteiger charge is -2.30. The molecule has 5 nitrogen and oxygen atoms in total. The highest BCUT2D eigenvalue weighted by atomic mass is 16.5. The Hall–Kier alpha value is -3.60. The largest absolute Gasteiger partial charge is 0.483 e. The predicted octanol–water partition coefficient (Wildman–Crippen LogP) is 4.16. The summed E-state index contributed by atoms with van der Waals surface area (Å²) in [6.07, 6.45) is 1.58. The maximum atomic E-state index is 13.2. The van der Waals surface area contributed by atoms with Gasteiger partial charge in [-0.05, 0) is 54.7 Å². The zero-order valence-electron chi connectivity index (χ0n) is 18.2. The molecule has 0 spiro atoms. The molecule has 0 atom stereocenters. The number of aryl methyl sites for hydroxylation is 1. The molecular formula is C27H26N2O3. The van der Waals surface area contributed by atoms with Gasteiger partial charge in [-0.15, -0.1) is 0 Å². The Kier molecular flexibility index (Phi) is 5.39. The van der Waals surface area contributed by atoms with Gasteiger partial charge in [-0.3, -0.25) is 9.59 Å². The summed E-state index contributed by atoms with van der Waals surface area (Å²) in [5.41, 5.74) is 6.07. The lowest BCUT2D eigenvalue weighted by atomic mass is 9.97. The number of benzene rings is 3. The molecule has 0 aliphatic carbocycles. The SMILES string of the molecule is Cc1ccccc1CN1CCc2c(OCC(=O)N3CCc4ccccc43)cccc2C1=O. The Morgan fingerprint density at radius 3 is 2.62 bits per heavy atom.